The number of aromatic nitrogens is 2. The highest BCUT2D eigenvalue weighted by molar-refractivity contribution is 5.70. The molecule has 4 aliphatic rings. The molecule has 3 heterocycles. The zero-order valence-corrected chi connectivity index (χ0v) is 21.0. The Labute approximate surface area is 210 Å². The van der Waals surface area contributed by atoms with Crippen molar-refractivity contribution in [1.29, 1.82) is 0 Å². The number of fused-ring (bicyclic) bond motifs is 3. The molecular weight excluding hydrogens is 465 g/mol. The molecule has 2 aliphatic heterocycles. The first-order valence-electron chi connectivity index (χ1n) is 12.8. The maximum atomic E-state index is 15.5. The van der Waals surface area contributed by atoms with E-state index in [0.29, 0.717) is 36.3 Å². The highest BCUT2D eigenvalue weighted by atomic mass is 19.1. The van der Waals surface area contributed by atoms with Gasteiger partial charge < -0.3 is 19.5 Å². The van der Waals surface area contributed by atoms with Gasteiger partial charge in [-0.25, -0.2) is 9.18 Å². The average Bonchev–Trinajstić information content (AvgIpc) is 3.53. The molecule has 9 heteroatoms. The Bertz CT molecular complexity index is 1130. The van der Waals surface area contributed by atoms with Crippen molar-refractivity contribution < 1.29 is 28.6 Å². The smallest absolute Gasteiger partial charge is 0.410 e. The molecule has 2 bridgehead atoms. The van der Waals surface area contributed by atoms with Gasteiger partial charge in [0.25, 0.3) is 0 Å². The second kappa shape index (κ2) is 9.50. The molecule has 6 rings (SSSR count). The third-order valence-corrected chi connectivity index (χ3v) is 8.67. The van der Waals surface area contributed by atoms with Crippen molar-refractivity contribution in [3.8, 4) is 11.1 Å². The van der Waals surface area contributed by atoms with Crippen LogP contribution in [0.4, 0.5) is 9.18 Å². The van der Waals surface area contributed by atoms with Crippen LogP contribution in [0.1, 0.15) is 69.0 Å². The molecule has 0 atom stereocenters. The summed E-state index contributed by atoms with van der Waals surface area (Å²) in [5.41, 5.74) is 1.63. The predicted octanol–water partition coefficient (Wildman–Crippen LogP) is 4.79. The van der Waals surface area contributed by atoms with Crippen LogP contribution in [-0.2, 0) is 33.3 Å². The Balaban J connectivity index is 1.31. The quantitative estimate of drug-likeness (QED) is 0.589. The standard InChI is InChI=1S/C27H34FN3O5/c1-30(19-5-3-4-6-19)25(34)35-16-23-21(15-29-31(23)2)20-8-7-18(13-22(20)28)26-9-11-27(12-10-26,36-17-26)14-24(32)33/h7-8,13,15,19H,3-6,9-12,14,16-17H2,1-2H3,(H,32,33). The van der Waals surface area contributed by atoms with Crippen LogP contribution in [0, 0.1) is 5.82 Å². The summed E-state index contributed by atoms with van der Waals surface area (Å²) in [5.74, 6) is -1.21. The molecular formula is C27H34FN3O5. The van der Waals surface area contributed by atoms with Crippen molar-refractivity contribution in [2.24, 2.45) is 7.05 Å². The highest BCUT2D eigenvalue weighted by Gasteiger charge is 2.51. The lowest BCUT2D eigenvalue weighted by Crippen LogP contribution is -2.54. The maximum Gasteiger partial charge on any atom is 0.410 e. The van der Waals surface area contributed by atoms with Gasteiger partial charge in [-0.15, -0.1) is 0 Å². The van der Waals surface area contributed by atoms with Crippen molar-refractivity contribution in [3.63, 3.8) is 0 Å². The van der Waals surface area contributed by atoms with Crippen molar-refractivity contribution in [1.82, 2.24) is 14.7 Å². The number of benzene rings is 1. The minimum absolute atomic E-state index is 0.00631. The first-order chi connectivity index (χ1) is 17.2. The fourth-order valence-corrected chi connectivity index (χ4v) is 6.23. The minimum Gasteiger partial charge on any atom is -0.481 e. The number of carboxylic acids is 1. The molecule has 1 N–H and O–H groups in total. The van der Waals surface area contributed by atoms with E-state index in [2.05, 4.69) is 5.10 Å². The molecule has 2 saturated heterocycles. The molecule has 36 heavy (non-hydrogen) atoms. The van der Waals surface area contributed by atoms with E-state index < -0.39 is 11.6 Å². The summed E-state index contributed by atoms with van der Waals surface area (Å²) < 4.78 is 28.8. The molecule has 1 aromatic heterocycles. The number of halogens is 1. The van der Waals surface area contributed by atoms with Crippen molar-refractivity contribution in [2.75, 3.05) is 13.7 Å². The summed E-state index contributed by atoms with van der Waals surface area (Å²) in [4.78, 5) is 25.5. The van der Waals surface area contributed by atoms with Crippen molar-refractivity contribution in [2.45, 2.75) is 81.5 Å². The first-order valence-corrected chi connectivity index (χ1v) is 12.8. The normalized spacial score (nSPS) is 25.8. The van der Waals surface area contributed by atoms with Gasteiger partial charge in [-0.2, -0.15) is 5.10 Å². The molecule has 4 fully saturated rings. The van der Waals surface area contributed by atoms with Gasteiger partial charge in [0, 0.05) is 36.7 Å². The van der Waals surface area contributed by atoms with Gasteiger partial charge in [0.1, 0.15) is 12.4 Å². The van der Waals surface area contributed by atoms with E-state index in [1.165, 1.54) is 0 Å². The Hall–Kier alpha value is -2.94. The van der Waals surface area contributed by atoms with Crippen LogP contribution >= 0.6 is 0 Å². The van der Waals surface area contributed by atoms with E-state index in [0.717, 1.165) is 44.1 Å². The fraction of sp³-hybridized carbons (Fsp3) is 0.593. The zero-order chi connectivity index (χ0) is 25.5. The summed E-state index contributed by atoms with van der Waals surface area (Å²) >= 11 is 0. The van der Waals surface area contributed by atoms with Crippen LogP contribution in [0.5, 0.6) is 0 Å². The summed E-state index contributed by atoms with van der Waals surface area (Å²) in [5, 5.41) is 13.5. The Kier molecular flexibility index (Phi) is 6.53. The fourth-order valence-electron chi connectivity index (χ4n) is 6.23. The van der Waals surface area contributed by atoms with Crippen LogP contribution < -0.4 is 0 Å². The van der Waals surface area contributed by atoms with Crippen molar-refractivity contribution >= 4 is 12.1 Å². The van der Waals surface area contributed by atoms with Gasteiger partial charge in [-0.1, -0.05) is 25.0 Å². The summed E-state index contributed by atoms with van der Waals surface area (Å²) in [6.07, 6.45) is 8.36. The lowest BCUT2D eigenvalue weighted by molar-refractivity contribution is -0.174. The number of hydrogen-bond acceptors (Lipinski definition) is 5. The maximum absolute atomic E-state index is 15.5. The number of aryl methyl sites for hydroxylation is 1. The topological polar surface area (TPSA) is 93.9 Å². The first kappa shape index (κ1) is 24.7. The van der Waals surface area contributed by atoms with Crippen molar-refractivity contribution in [3.05, 3.63) is 41.5 Å². The zero-order valence-electron chi connectivity index (χ0n) is 21.0. The third kappa shape index (κ3) is 4.49. The Morgan fingerprint density at radius 3 is 2.56 bits per heavy atom. The van der Waals surface area contributed by atoms with Gasteiger partial charge in [0.2, 0.25) is 0 Å². The van der Waals surface area contributed by atoms with Crippen LogP contribution in [0.25, 0.3) is 11.1 Å². The Morgan fingerprint density at radius 2 is 1.94 bits per heavy atom. The number of carboxylic acid groups (broad SMARTS) is 1. The number of amides is 1. The van der Waals surface area contributed by atoms with Crippen LogP contribution in [0.15, 0.2) is 24.4 Å². The molecule has 2 aliphatic carbocycles. The minimum atomic E-state index is -0.845. The van der Waals surface area contributed by atoms with Gasteiger partial charge in [0.15, 0.2) is 0 Å². The summed E-state index contributed by atoms with van der Waals surface area (Å²) in [6, 6.07) is 5.49. The van der Waals surface area contributed by atoms with E-state index >= 15 is 4.39 Å². The van der Waals surface area contributed by atoms with Gasteiger partial charge in [-0.3, -0.25) is 9.48 Å². The molecule has 2 aromatic rings. The predicted molar refractivity (Wildman–Crippen MR) is 130 cm³/mol. The second-order valence-electron chi connectivity index (χ2n) is 10.7. The number of nitrogens with zero attached hydrogens (tertiary/aromatic N) is 3. The summed E-state index contributed by atoms with van der Waals surface area (Å²) in [7, 11) is 3.52. The molecule has 0 spiro atoms. The van der Waals surface area contributed by atoms with Crippen LogP contribution in [0.2, 0.25) is 0 Å². The molecule has 194 valence electrons. The number of carbonyl (C=O) groups excluding carboxylic acids is 1. The van der Waals surface area contributed by atoms with E-state index in [4.69, 9.17) is 9.47 Å². The molecule has 8 nitrogen and oxygen atoms in total. The SMILES string of the molecule is CN(C(=O)OCc1c(-c2ccc(C34CCC(CC(=O)O)(CC3)OC4)cc2F)cnn1C)C1CCCC1. The summed E-state index contributed by atoms with van der Waals surface area (Å²) in [6.45, 7) is 0.411. The van der Waals surface area contributed by atoms with Gasteiger partial charge in [-0.05, 0) is 50.2 Å². The van der Waals surface area contributed by atoms with E-state index in [9.17, 15) is 14.7 Å². The van der Waals surface area contributed by atoms with Crippen LogP contribution in [-0.4, -0.2) is 57.1 Å². The van der Waals surface area contributed by atoms with E-state index in [-0.39, 0.29) is 36.4 Å². The monoisotopic (exact) mass is 499 g/mol. The largest absolute Gasteiger partial charge is 0.481 e. The molecule has 1 aromatic carbocycles. The molecule has 2 saturated carbocycles. The number of aliphatic carboxylic acids is 1. The third-order valence-electron chi connectivity index (χ3n) is 8.67. The van der Waals surface area contributed by atoms with Gasteiger partial charge >= 0.3 is 12.1 Å². The lowest BCUT2D eigenvalue weighted by Gasteiger charge is -2.53. The Morgan fingerprint density at radius 1 is 1.22 bits per heavy atom. The molecule has 0 unspecified atom stereocenters. The molecule has 1 amide bonds. The molecule has 0 radical (unpaired) electrons. The number of hydrogen-bond donors (Lipinski definition) is 1. The number of ether oxygens (including phenoxy) is 2. The van der Waals surface area contributed by atoms with Gasteiger partial charge in [0.05, 0.1) is 30.5 Å². The average molecular weight is 500 g/mol. The van der Waals surface area contributed by atoms with E-state index in [1.54, 1.807) is 42.0 Å². The van der Waals surface area contributed by atoms with E-state index in [1.807, 2.05) is 6.07 Å². The van der Waals surface area contributed by atoms with Crippen LogP contribution in [0.3, 0.4) is 0 Å². The lowest BCUT2D eigenvalue weighted by atomic mass is 9.62. The number of rotatable bonds is 7. The highest BCUT2D eigenvalue weighted by Crippen LogP contribution is 2.52. The second-order valence-corrected chi connectivity index (χ2v) is 10.7. The number of carbonyl (C=O) groups is 2.